The van der Waals surface area contributed by atoms with Gasteiger partial charge < -0.3 is 15.0 Å². The van der Waals surface area contributed by atoms with Crippen LogP contribution in [0.25, 0.3) is 0 Å². The van der Waals surface area contributed by atoms with Gasteiger partial charge in [-0.3, -0.25) is 9.59 Å². The Morgan fingerprint density at radius 3 is 2.81 bits per heavy atom. The quantitative estimate of drug-likeness (QED) is 0.879. The van der Waals surface area contributed by atoms with Gasteiger partial charge in [0.2, 0.25) is 5.91 Å². The second kappa shape index (κ2) is 6.91. The van der Waals surface area contributed by atoms with E-state index in [9.17, 15) is 9.59 Å². The Morgan fingerprint density at radius 2 is 2.19 bits per heavy atom. The van der Waals surface area contributed by atoms with Crippen LogP contribution in [-0.2, 0) is 16.1 Å². The second-order valence-corrected chi connectivity index (χ2v) is 5.17. The summed E-state index contributed by atoms with van der Waals surface area (Å²) >= 11 is 6.03. The number of nitrogens with one attached hydrogen (secondary N) is 1. The van der Waals surface area contributed by atoms with Crippen molar-refractivity contribution in [3.63, 3.8) is 0 Å². The number of amides is 1. The molecule has 0 bridgehead atoms. The number of hydrogen-bond donors (Lipinski definition) is 1. The first-order valence-corrected chi connectivity index (χ1v) is 7.31. The van der Waals surface area contributed by atoms with Gasteiger partial charge in [0.15, 0.2) is 0 Å². The highest BCUT2D eigenvalue weighted by atomic mass is 35.5. The van der Waals surface area contributed by atoms with Crippen molar-refractivity contribution in [2.75, 3.05) is 31.6 Å². The van der Waals surface area contributed by atoms with Gasteiger partial charge in [-0.05, 0) is 13.8 Å². The highest BCUT2D eigenvalue weighted by molar-refractivity contribution is 6.33. The molecular weight excluding hydrogens is 296 g/mol. The van der Waals surface area contributed by atoms with Crippen molar-refractivity contribution in [3.8, 4) is 0 Å². The zero-order chi connectivity index (χ0) is 15.4. The molecule has 2 rings (SSSR count). The highest BCUT2D eigenvalue weighted by Gasteiger charge is 2.23. The molecule has 2 heterocycles. The van der Waals surface area contributed by atoms with Gasteiger partial charge in [-0.15, -0.1) is 0 Å². The maximum Gasteiger partial charge on any atom is 0.287 e. The standard InChI is InChI=1S/C13H19ClN4O3/c1-3-18-13(20)11(14)10(8-15-18)16-9(2)12(19)17-4-6-21-7-5-17/h8-9,16H,3-7H2,1-2H3. The molecule has 0 aromatic carbocycles. The van der Waals surface area contributed by atoms with Crippen LogP contribution in [0.3, 0.4) is 0 Å². The molecule has 1 aliphatic heterocycles. The number of halogens is 1. The lowest BCUT2D eigenvalue weighted by Gasteiger charge is -2.29. The van der Waals surface area contributed by atoms with Crippen molar-refractivity contribution in [1.29, 1.82) is 0 Å². The Labute approximate surface area is 127 Å². The summed E-state index contributed by atoms with van der Waals surface area (Å²) in [6.07, 6.45) is 1.47. The Kier molecular flexibility index (Phi) is 5.19. The monoisotopic (exact) mass is 314 g/mol. The van der Waals surface area contributed by atoms with Crippen LogP contribution in [-0.4, -0.2) is 52.9 Å². The molecule has 1 fully saturated rings. The fourth-order valence-electron chi connectivity index (χ4n) is 2.14. The molecule has 1 aromatic heterocycles. The Bertz CT molecular complexity index is 569. The molecule has 0 spiro atoms. The number of ether oxygens (including phenoxy) is 1. The lowest BCUT2D eigenvalue weighted by atomic mass is 10.2. The smallest absolute Gasteiger partial charge is 0.287 e. The summed E-state index contributed by atoms with van der Waals surface area (Å²) in [7, 11) is 0. The van der Waals surface area contributed by atoms with Gasteiger partial charge in [-0.1, -0.05) is 11.6 Å². The zero-order valence-electron chi connectivity index (χ0n) is 12.1. The van der Waals surface area contributed by atoms with E-state index in [1.54, 1.807) is 11.8 Å². The van der Waals surface area contributed by atoms with E-state index < -0.39 is 6.04 Å². The number of carbonyl (C=O) groups is 1. The van der Waals surface area contributed by atoms with Crippen molar-refractivity contribution in [3.05, 3.63) is 21.6 Å². The van der Waals surface area contributed by atoms with Gasteiger partial charge in [0.05, 0.1) is 25.1 Å². The van der Waals surface area contributed by atoms with Crippen molar-refractivity contribution in [2.45, 2.75) is 26.4 Å². The van der Waals surface area contributed by atoms with Crippen LogP contribution >= 0.6 is 11.6 Å². The number of anilines is 1. The molecule has 1 saturated heterocycles. The Balaban J connectivity index is 2.08. The third-order valence-corrected chi connectivity index (χ3v) is 3.71. The molecule has 1 amide bonds. The van der Waals surface area contributed by atoms with E-state index in [0.717, 1.165) is 0 Å². The van der Waals surface area contributed by atoms with E-state index in [1.807, 2.05) is 6.92 Å². The maximum atomic E-state index is 12.3. The van der Waals surface area contributed by atoms with E-state index in [-0.39, 0.29) is 16.5 Å². The fraction of sp³-hybridized carbons (Fsp3) is 0.615. The minimum Gasteiger partial charge on any atom is -0.378 e. The van der Waals surface area contributed by atoms with Gasteiger partial charge in [-0.25, -0.2) is 4.68 Å². The molecule has 0 radical (unpaired) electrons. The van der Waals surface area contributed by atoms with Gasteiger partial charge in [0.25, 0.3) is 5.56 Å². The number of carbonyl (C=O) groups excluding carboxylic acids is 1. The van der Waals surface area contributed by atoms with Crippen LogP contribution < -0.4 is 10.9 Å². The molecule has 116 valence electrons. The molecule has 0 saturated carbocycles. The summed E-state index contributed by atoms with van der Waals surface area (Å²) in [5.74, 6) is -0.0472. The second-order valence-electron chi connectivity index (χ2n) is 4.80. The van der Waals surface area contributed by atoms with Gasteiger partial charge in [0.1, 0.15) is 11.1 Å². The van der Waals surface area contributed by atoms with Gasteiger partial charge in [-0.2, -0.15) is 5.10 Å². The van der Waals surface area contributed by atoms with Gasteiger partial charge >= 0.3 is 0 Å². The average molecular weight is 315 g/mol. The number of rotatable bonds is 4. The van der Waals surface area contributed by atoms with Crippen LogP contribution in [0.1, 0.15) is 13.8 Å². The summed E-state index contributed by atoms with van der Waals surface area (Å²) in [4.78, 5) is 25.9. The first-order chi connectivity index (χ1) is 10.0. The van der Waals surface area contributed by atoms with Crippen LogP contribution in [0.4, 0.5) is 5.69 Å². The van der Waals surface area contributed by atoms with E-state index in [0.29, 0.717) is 38.5 Å². The third-order valence-electron chi connectivity index (χ3n) is 3.35. The molecule has 1 aromatic rings. The van der Waals surface area contributed by atoms with Crippen LogP contribution in [0.15, 0.2) is 11.0 Å². The van der Waals surface area contributed by atoms with Gasteiger partial charge in [0, 0.05) is 19.6 Å². The summed E-state index contributed by atoms with van der Waals surface area (Å²) < 4.78 is 6.48. The van der Waals surface area contributed by atoms with E-state index >= 15 is 0 Å². The number of hydrogen-bond acceptors (Lipinski definition) is 5. The molecule has 1 N–H and O–H groups in total. The number of nitrogens with zero attached hydrogens (tertiary/aromatic N) is 3. The van der Waals surface area contributed by atoms with Crippen molar-refractivity contribution < 1.29 is 9.53 Å². The minimum atomic E-state index is -0.487. The fourth-order valence-corrected chi connectivity index (χ4v) is 2.34. The Hall–Kier alpha value is -1.60. The molecular formula is C13H19ClN4O3. The molecule has 0 aliphatic carbocycles. The average Bonchev–Trinajstić information content (AvgIpc) is 2.52. The lowest BCUT2D eigenvalue weighted by Crippen LogP contribution is -2.47. The first kappa shape index (κ1) is 15.8. The number of morpholine rings is 1. The molecule has 8 heteroatoms. The molecule has 1 atom stereocenters. The normalized spacial score (nSPS) is 16.6. The predicted molar refractivity (Wildman–Crippen MR) is 79.7 cm³/mol. The topological polar surface area (TPSA) is 76.5 Å². The summed E-state index contributed by atoms with van der Waals surface area (Å²) in [5.41, 5.74) is 0.00987. The van der Waals surface area contributed by atoms with Crippen molar-refractivity contribution >= 4 is 23.2 Å². The summed E-state index contributed by atoms with van der Waals surface area (Å²) in [5, 5.41) is 7.00. The van der Waals surface area contributed by atoms with Crippen molar-refractivity contribution in [1.82, 2.24) is 14.7 Å². The largest absolute Gasteiger partial charge is 0.378 e. The van der Waals surface area contributed by atoms with Crippen molar-refractivity contribution in [2.24, 2.45) is 0 Å². The third kappa shape index (κ3) is 3.54. The Morgan fingerprint density at radius 1 is 1.52 bits per heavy atom. The number of aryl methyl sites for hydroxylation is 1. The molecule has 7 nitrogen and oxygen atoms in total. The van der Waals surface area contributed by atoms with Crippen LogP contribution in [0, 0.1) is 0 Å². The molecule has 1 aliphatic rings. The minimum absolute atomic E-state index is 0.0472. The maximum absolute atomic E-state index is 12.3. The van der Waals surface area contributed by atoms with E-state index in [4.69, 9.17) is 16.3 Å². The van der Waals surface area contributed by atoms with Crippen LogP contribution in [0.5, 0.6) is 0 Å². The van der Waals surface area contributed by atoms with E-state index in [1.165, 1.54) is 10.9 Å². The SMILES string of the molecule is CCn1ncc(NC(C)C(=O)N2CCOCC2)c(Cl)c1=O. The summed E-state index contributed by atoms with van der Waals surface area (Å²) in [6, 6.07) is -0.487. The first-order valence-electron chi connectivity index (χ1n) is 6.93. The zero-order valence-corrected chi connectivity index (χ0v) is 12.9. The highest BCUT2D eigenvalue weighted by Crippen LogP contribution is 2.17. The van der Waals surface area contributed by atoms with Crippen LogP contribution in [0.2, 0.25) is 5.02 Å². The summed E-state index contributed by atoms with van der Waals surface area (Å²) in [6.45, 7) is 6.24. The number of aromatic nitrogens is 2. The molecule has 21 heavy (non-hydrogen) atoms. The van der Waals surface area contributed by atoms with E-state index in [2.05, 4.69) is 10.4 Å². The predicted octanol–water partition coefficient (Wildman–Crippen LogP) is 0.576. The lowest BCUT2D eigenvalue weighted by molar-refractivity contribution is -0.135. The molecule has 1 unspecified atom stereocenters.